The van der Waals surface area contributed by atoms with Crippen LogP contribution in [0.2, 0.25) is 0 Å². The molecule has 134 valence electrons. The normalized spacial score (nSPS) is 20.0. The van der Waals surface area contributed by atoms with Gasteiger partial charge in [-0.1, -0.05) is 0 Å². The molecule has 0 atom stereocenters. The van der Waals surface area contributed by atoms with Gasteiger partial charge >= 0.3 is 0 Å². The van der Waals surface area contributed by atoms with Gasteiger partial charge in [-0.2, -0.15) is 4.31 Å². The SMILES string of the molecule is Cn1cnc2cc(S(=O)(=O)N3CCCN(C(=O)C4CC4)CC3)ccc21. The monoisotopic (exact) mass is 362 g/mol. The first-order valence-electron chi connectivity index (χ1n) is 8.67. The predicted molar refractivity (Wildman–Crippen MR) is 93.4 cm³/mol. The summed E-state index contributed by atoms with van der Waals surface area (Å²) < 4.78 is 29.4. The van der Waals surface area contributed by atoms with E-state index in [2.05, 4.69) is 4.98 Å². The summed E-state index contributed by atoms with van der Waals surface area (Å²) >= 11 is 0. The molecule has 1 saturated carbocycles. The zero-order chi connectivity index (χ0) is 17.6. The third kappa shape index (κ3) is 3.04. The number of imidazole rings is 1. The van der Waals surface area contributed by atoms with Crippen LogP contribution in [0.5, 0.6) is 0 Å². The Labute approximate surface area is 147 Å². The lowest BCUT2D eigenvalue weighted by Gasteiger charge is -2.22. The fraction of sp³-hybridized carbons (Fsp3) is 0.529. The van der Waals surface area contributed by atoms with E-state index in [1.165, 1.54) is 4.31 Å². The van der Waals surface area contributed by atoms with Crippen LogP contribution in [0.15, 0.2) is 29.4 Å². The molecular weight excluding hydrogens is 340 g/mol. The van der Waals surface area contributed by atoms with Gasteiger partial charge in [0.05, 0.1) is 22.3 Å². The molecule has 1 saturated heterocycles. The largest absolute Gasteiger partial charge is 0.341 e. The number of fused-ring (bicyclic) bond motifs is 1. The maximum absolute atomic E-state index is 13.0. The van der Waals surface area contributed by atoms with E-state index >= 15 is 0 Å². The van der Waals surface area contributed by atoms with Crippen LogP contribution in [0.25, 0.3) is 11.0 Å². The molecule has 2 aliphatic rings. The lowest BCUT2D eigenvalue weighted by Crippen LogP contribution is -2.37. The molecule has 7 nitrogen and oxygen atoms in total. The number of carbonyl (C=O) groups is 1. The van der Waals surface area contributed by atoms with Crippen LogP contribution in [0.3, 0.4) is 0 Å². The Morgan fingerprint density at radius 3 is 2.72 bits per heavy atom. The average Bonchev–Trinajstić information content (AvgIpc) is 3.41. The number of hydrogen-bond acceptors (Lipinski definition) is 4. The Morgan fingerprint density at radius 1 is 1.16 bits per heavy atom. The minimum atomic E-state index is -3.58. The second-order valence-electron chi connectivity index (χ2n) is 6.86. The third-order valence-corrected chi connectivity index (χ3v) is 6.92. The summed E-state index contributed by atoms with van der Waals surface area (Å²) in [6.07, 6.45) is 4.29. The highest BCUT2D eigenvalue weighted by Gasteiger charge is 2.35. The maximum Gasteiger partial charge on any atom is 0.243 e. The van der Waals surface area contributed by atoms with Crippen LogP contribution in [0.4, 0.5) is 0 Å². The molecule has 0 spiro atoms. The molecule has 25 heavy (non-hydrogen) atoms. The standard InChI is InChI=1S/C17H22N4O3S/c1-19-12-18-15-11-14(5-6-16(15)19)25(23,24)21-8-2-7-20(9-10-21)17(22)13-3-4-13/h5-6,11-13H,2-4,7-10H2,1H3. The molecule has 4 rings (SSSR count). The van der Waals surface area contributed by atoms with Crippen molar-refractivity contribution < 1.29 is 13.2 Å². The van der Waals surface area contributed by atoms with Crippen molar-refractivity contribution in [1.82, 2.24) is 18.8 Å². The molecule has 1 aromatic heterocycles. The number of amides is 1. The smallest absolute Gasteiger partial charge is 0.243 e. The second kappa shape index (κ2) is 6.10. The molecule has 0 unspecified atom stereocenters. The Balaban J connectivity index is 1.55. The minimum Gasteiger partial charge on any atom is -0.341 e. The van der Waals surface area contributed by atoms with Crippen LogP contribution in [-0.2, 0) is 21.9 Å². The summed E-state index contributed by atoms with van der Waals surface area (Å²) in [6.45, 7) is 1.90. The summed E-state index contributed by atoms with van der Waals surface area (Å²) in [5, 5.41) is 0. The van der Waals surface area contributed by atoms with Crippen LogP contribution < -0.4 is 0 Å². The van der Waals surface area contributed by atoms with Crippen LogP contribution in [-0.4, -0.2) is 59.3 Å². The molecule has 1 amide bonds. The molecule has 2 heterocycles. The van der Waals surface area contributed by atoms with Gasteiger partial charge in [-0.05, 0) is 37.5 Å². The van der Waals surface area contributed by atoms with E-state index in [1.807, 2.05) is 16.5 Å². The lowest BCUT2D eigenvalue weighted by molar-refractivity contribution is -0.132. The highest BCUT2D eigenvalue weighted by molar-refractivity contribution is 7.89. The Hall–Kier alpha value is -1.93. The molecule has 2 aromatic rings. The van der Waals surface area contributed by atoms with E-state index in [0.717, 1.165) is 18.4 Å². The summed E-state index contributed by atoms with van der Waals surface area (Å²) in [5.41, 5.74) is 1.57. The van der Waals surface area contributed by atoms with E-state index in [-0.39, 0.29) is 16.7 Å². The van der Waals surface area contributed by atoms with Crippen LogP contribution in [0.1, 0.15) is 19.3 Å². The van der Waals surface area contributed by atoms with Crippen molar-refractivity contribution in [2.75, 3.05) is 26.2 Å². The first kappa shape index (κ1) is 16.5. The first-order valence-corrected chi connectivity index (χ1v) is 10.1. The van der Waals surface area contributed by atoms with Crippen molar-refractivity contribution in [3.63, 3.8) is 0 Å². The molecule has 1 aliphatic carbocycles. The van der Waals surface area contributed by atoms with E-state index in [9.17, 15) is 13.2 Å². The Bertz CT molecular complexity index is 917. The Kier molecular flexibility index (Phi) is 4.04. The van der Waals surface area contributed by atoms with Crippen molar-refractivity contribution in [2.45, 2.75) is 24.2 Å². The number of sulfonamides is 1. The van der Waals surface area contributed by atoms with E-state index in [4.69, 9.17) is 0 Å². The molecule has 8 heteroatoms. The number of rotatable bonds is 3. The molecule has 1 aliphatic heterocycles. The van der Waals surface area contributed by atoms with Gasteiger partial charge in [0.1, 0.15) is 0 Å². The van der Waals surface area contributed by atoms with Gasteiger partial charge in [-0.25, -0.2) is 13.4 Å². The predicted octanol–water partition coefficient (Wildman–Crippen LogP) is 1.21. The van der Waals surface area contributed by atoms with E-state index in [1.54, 1.807) is 24.5 Å². The molecule has 2 fully saturated rings. The topological polar surface area (TPSA) is 75.5 Å². The van der Waals surface area contributed by atoms with Gasteiger partial charge in [-0.15, -0.1) is 0 Å². The summed E-state index contributed by atoms with van der Waals surface area (Å²) in [4.78, 5) is 18.6. The fourth-order valence-corrected chi connectivity index (χ4v) is 4.86. The summed E-state index contributed by atoms with van der Waals surface area (Å²) in [6, 6.07) is 5.05. The van der Waals surface area contributed by atoms with Crippen molar-refractivity contribution in [2.24, 2.45) is 13.0 Å². The first-order chi connectivity index (χ1) is 12.0. The Morgan fingerprint density at radius 2 is 1.96 bits per heavy atom. The van der Waals surface area contributed by atoms with Crippen LogP contribution >= 0.6 is 0 Å². The van der Waals surface area contributed by atoms with Crippen molar-refractivity contribution in [3.8, 4) is 0 Å². The highest BCUT2D eigenvalue weighted by atomic mass is 32.2. The summed E-state index contributed by atoms with van der Waals surface area (Å²) in [5.74, 6) is 0.365. The molecule has 0 radical (unpaired) electrons. The number of hydrogen-bond donors (Lipinski definition) is 0. The number of benzene rings is 1. The number of nitrogens with zero attached hydrogens (tertiary/aromatic N) is 4. The number of aromatic nitrogens is 2. The lowest BCUT2D eigenvalue weighted by atomic mass is 10.3. The van der Waals surface area contributed by atoms with Gasteiger partial charge in [0, 0.05) is 39.1 Å². The second-order valence-corrected chi connectivity index (χ2v) is 8.80. The third-order valence-electron chi connectivity index (χ3n) is 5.03. The van der Waals surface area contributed by atoms with Gasteiger partial charge in [0.2, 0.25) is 15.9 Å². The minimum absolute atomic E-state index is 0.176. The zero-order valence-electron chi connectivity index (χ0n) is 14.3. The van der Waals surface area contributed by atoms with Crippen LogP contribution in [0, 0.1) is 5.92 Å². The quantitative estimate of drug-likeness (QED) is 0.822. The van der Waals surface area contributed by atoms with Crippen molar-refractivity contribution in [1.29, 1.82) is 0 Å². The summed E-state index contributed by atoms with van der Waals surface area (Å²) in [7, 11) is -1.70. The van der Waals surface area contributed by atoms with Gasteiger partial charge in [0.15, 0.2) is 0 Å². The molecule has 1 aromatic carbocycles. The molecular formula is C17H22N4O3S. The highest BCUT2D eigenvalue weighted by Crippen LogP contribution is 2.31. The zero-order valence-corrected chi connectivity index (χ0v) is 15.1. The van der Waals surface area contributed by atoms with Gasteiger partial charge in [-0.3, -0.25) is 4.79 Å². The van der Waals surface area contributed by atoms with E-state index < -0.39 is 10.0 Å². The average molecular weight is 362 g/mol. The van der Waals surface area contributed by atoms with E-state index in [0.29, 0.717) is 38.1 Å². The fourth-order valence-electron chi connectivity index (χ4n) is 3.37. The maximum atomic E-state index is 13.0. The van der Waals surface area contributed by atoms with Gasteiger partial charge in [0.25, 0.3) is 0 Å². The van der Waals surface area contributed by atoms with Crippen molar-refractivity contribution >= 4 is 27.0 Å². The molecule has 0 bridgehead atoms. The number of carbonyl (C=O) groups excluding carboxylic acids is 1. The molecule has 0 N–H and O–H groups in total. The van der Waals surface area contributed by atoms with Gasteiger partial charge < -0.3 is 9.47 Å². The van der Waals surface area contributed by atoms with Crippen molar-refractivity contribution in [3.05, 3.63) is 24.5 Å². The number of aryl methyl sites for hydroxylation is 1.